The Balaban J connectivity index is 0.000000303. The van der Waals surface area contributed by atoms with Crippen molar-refractivity contribution in [3.8, 4) is 0 Å². The number of nitrogens with zero attached hydrogens (tertiary/aromatic N) is 1. The van der Waals surface area contributed by atoms with Gasteiger partial charge in [0.15, 0.2) is 8.32 Å². The van der Waals surface area contributed by atoms with E-state index in [9.17, 15) is 0 Å². The quantitative estimate of drug-likeness (QED) is 0.394. The van der Waals surface area contributed by atoms with Crippen LogP contribution in [0.2, 0.25) is 41.8 Å². The SMILES string of the molecule is CC(C)(C)[Si](C)(C)C1CCNC1.CC(C)(C)[Si](C)(C)OC1CCN(CC(CN)c2ccccc2)C1. The van der Waals surface area contributed by atoms with E-state index in [2.05, 4.69) is 108 Å². The highest BCUT2D eigenvalue weighted by atomic mass is 28.4. The Morgan fingerprint density at radius 1 is 1.00 bits per heavy atom. The van der Waals surface area contributed by atoms with Crippen LogP contribution in [0.5, 0.6) is 0 Å². The van der Waals surface area contributed by atoms with Gasteiger partial charge in [-0.2, -0.15) is 0 Å². The fourth-order valence-electron chi connectivity index (χ4n) is 4.89. The van der Waals surface area contributed by atoms with Crippen molar-refractivity contribution in [2.45, 2.75) is 108 Å². The highest BCUT2D eigenvalue weighted by Gasteiger charge is 2.43. The molecule has 202 valence electrons. The highest BCUT2D eigenvalue weighted by Crippen LogP contribution is 2.45. The number of benzene rings is 1. The van der Waals surface area contributed by atoms with Crippen molar-refractivity contribution in [3.05, 3.63) is 35.9 Å². The lowest BCUT2D eigenvalue weighted by molar-refractivity contribution is 0.179. The Hall–Kier alpha value is -0.506. The summed E-state index contributed by atoms with van der Waals surface area (Å²) < 4.78 is 6.58. The Bertz CT molecular complexity index is 749. The van der Waals surface area contributed by atoms with E-state index in [1.54, 1.807) is 0 Å². The minimum atomic E-state index is -1.66. The molecule has 4 nitrogen and oxygen atoms in total. The van der Waals surface area contributed by atoms with Crippen molar-refractivity contribution in [1.29, 1.82) is 0 Å². The van der Waals surface area contributed by atoms with Crippen molar-refractivity contribution in [2.75, 3.05) is 39.3 Å². The second-order valence-electron chi connectivity index (χ2n) is 14.1. The summed E-state index contributed by atoms with van der Waals surface area (Å²) >= 11 is 0. The van der Waals surface area contributed by atoms with Gasteiger partial charge < -0.3 is 20.4 Å². The molecule has 2 heterocycles. The lowest BCUT2D eigenvalue weighted by atomic mass is 9.99. The van der Waals surface area contributed by atoms with Gasteiger partial charge in [0.25, 0.3) is 0 Å². The largest absolute Gasteiger partial charge is 0.413 e. The molecule has 0 bridgehead atoms. The van der Waals surface area contributed by atoms with Gasteiger partial charge in [-0.05, 0) is 60.2 Å². The molecule has 2 aliphatic rings. The van der Waals surface area contributed by atoms with Crippen LogP contribution in [0, 0.1) is 0 Å². The van der Waals surface area contributed by atoms with Crippen LogP contribution in [-0.4, -0.2) is 66.7 Å². The molecule has 2 saturated heterocycles. The van der Waals surface area contributed by atoms with Crippen LogP contribution in [0.3, 0.4) is 0 Å². The Labute approximate surface area is 219 Å². The van der Waals surface area contributed by atoms with Gasteiger partial charge in [-0.15, -0.1) is 0 Å². The maximum absolute atomic E-state index is 6.58. The topological polar surface area (TPSA) is 50.5 Å². The molecule has 6 heteroatoms. The molecule has 3 atom stereocenters. The highest BCUT2D eigenvalue weighted by molar-refractivity contribution is 6.81. The minimum Gasteiger partial charge on any atom is -0.413 e. The summed E-state index contributed by atoms with van der Waals surface area (Å²) in [7, 11) is -2.70. The second-order valence-corrected chi connectivity index (χ2v) is 24.6. The fraction of sp³-hybridized carbons (Fsp3) is 0.793. The van der Waals surface area contributed by atoms with Gasteiger partial charge in [-0.3, -0.25) is 0 Å². The molecule has 3 unspecified atom stereocenters. The first-order valence-electron chi connectivity index (χ1n) is 13.9. The van der Waals surface area contributed by atoms with Crippen molar-refractivity contribution < 1.29 is 4.43 Å². The summed E-state index contributed by atoms with van der Waals surface area (Å²) in [6.45, 7) is 30.4. The second kappa shape index (κ2) is 12.4. The first-order valence-corrected chi connectivity index (χ1v) is 19.9. The smallest absolute Gasteiger partial charge is 0.192 e. The van der Waals surface area contributed by atoms with Crippen LogP contribution >= 0.6 is 0 Å². The molecule has 0 aliphatic carbocycles. The Morgan fingerprint density at radius 2 is 1.63 bits per heavy atom. The molecule has 1 aromatic rings. The maximum Gasteiger partial charge on any atom is 0.192 e. The minimum absolute atomic E-state index is 0.282. The molecular formula is C29H57N3OSi2. The number of nitrogens with one attached hydrogen (secondary N) is 1. The molecule has 2 aliphatic heterocycles. The molecule has 2 fully saturated rings. The van der Waals surface area contributed by atoms with Gasteiger partial charge in [-0.1, -0.05) is 85.0 Å². The predicted molar refractivity (Wildman–Crippen MR) is 160 cm³/mol. The fourth-order valence-corrected chi connectivity index (χ4v) is 9.01. The number of nitrogens with two attached hydrogens (primary N) is 1. The van der Waals surface area contributed by atoms with Crippen LogP contribution in [0.1, 0.15) is 65.9 Å². The van der Waals surface area contributed by atoms with Crippen LogP contribution in [0.4, 0.5) is 0 Å². The molecule has 0 radical (unpaired) electrons. The average Bonchev–Trinajstić information content (AvgIpc) is 3.44. The molecule has 35 heavy (non-hydrogen) atoms. The Morgan fingerprint density at radius 3 is 2.11 bits per heavy atom. The van der Waals surface area contributed by atoms with Gasteiger partial charge in [-0.25, -0.2) is 0 Å². The zero-order valence-electron chi connectivity index (χ0n) is 24.7. The third-order valence-electron chi connectivity index (χ3n) is 9.54. The first kappa shape index (κ1) is 30.7. The molecular weight excluding hydrogens is 463 g/mol. The summed E-state index contributed by atoms with van der Waals surface area (Å²) in [6, 6.07) is 10.7. The van der Waals surface area contributed by atoms with E-state index in [1.165, 1.54) is 25.1 Å². The monoisotopic (exact) mass is 519 g/mol. The maximum atomic E-state index is 6.58. The number of likely N-dealkylation sites (tertiary alicyclic amines) is 1. The summed E-state index contributed by atoms with van der Waals surface area (Å²) in [5.41, 5.74) is 8.37. The number of hydrogen-bond donors (Lipinski definition) is 2. The molecule has 0 saturated carbocycles. The van der Waals surface area contributed by atoms with E-state index in [0.717, 1.165) is 31.6 Å². The lowest BCUT2D eigenvalue weighted by Crippen LogP contribution is -2.44. The molecule has 0 spiro atoms. The summed E-state index contributed by atoms with van der Waals surface area (Å²) in [4.78, 5) is 2.53. The van der Waals surface area contributed by atoms with Crippen molar-refractivity contribution in [3.63, 3.8) is 0 Å². The van der Waals surface area contributed by atoms with Crippen LogP contribution in [-0.2, 0) is 4.43 Å². The third kappa shape index (κ3) is 8.51. The molecule has 1 aromatic carbocycles. The van der Waals surface area contributed by atoms with E-state index in [-0.39, 0.29) is 5.04 Å². The van der Waals surface area contributed by atoms with E-state index in [0.29, 0.717) is 23.6 Å². The van der Waals surface area contributed by atoms with Gasteiger partial charge >= 0.3 is 0 Å². The van der Waals surface area contributed by atoms with Crippen LogP contribution in [0.25, 0.3) is 0 Å². The normalized spacial score (nSPS) is 23.2. The summed E-state index contributed by atoms with van der Waals surface area (Å²) in [5, 5.41) is 4.33. The third-order valence-corrected chi connectivity index (χ3v) is 20.5. The zero-order valence-corrected chi connectivity index (χ0v) is 26.7. The van der Waals surface area contributed by atoms with Gasteiger partial charge in [0.05, 0.1) is 14.2 Å². The van der Waals surface area contributed by atoms with E-state index < -0.39 is 16.4 Å². The van der Waals surface area contributed by atoms with E-state index >= 15 is 0 Å². The van der Waals surface area contributed by atoms with E-state index in [1.807, 2.05) is 0 Å². The number of hydrogen-bond acceptors (Lipinski definition) is 4. The summed E-state index contributed by atoms with van der Waals surface area (Å²) in [5.74, 6) is 0.419. The van der Waals surface area contributed by atoms with Crippen molar-refractivity contribution in [1.82, 2.24) is 10.2 Å². The zero-order chi connectivity index (χ0) is 26.5. The summed E-state index contributed by atoms with van der Waals surface area (Å²) in [6.07, 6.45) is 2.96. The predicted octanol–water partition coefficient (Wildman–Crippen LogP) is 6.68. The number of rotatable bonds is 7. The van der Waals surface area contributed by atoms with Gasteiger partial charge in [0.2, 0.25) is 0 Å². The van der Waals surface area contributed by atoms with Gasteiger partial charge in [0.1, 0.15) is 0 Å². The van der Waals surface area contributed by atoms with Crippen molar-refractivity contribution in [2.24, 2.45) is 5.73 Å². The molecule has 0 amide bonds. The molecule has 0 aromatic heterocycles. The lowest BCUT2D eigenvalue weighted by Gasteiger charge is -2.41. The van der Waals surface area contributed by atoms with Crippen LogP contribution < -0.4 is 11.1 Å². The standard InChI is InChI=1S/C19H34N2OSi.C10H23NSi/c1-19(2,3)23(4,5)22-18-11-12-21(15-18)14-17(13-20)16-9-7-6-8-10-16;1-10(2,3)12(4,5)9-6-7-11-8-9/h6-10,17-18H,11-15,20H2,1-5H3;9,11H,6-8H2,1-5H3. The van der Waals surface area contributed by atoms with Crippen molar-refractivity contribution >= 4 is 16.4 Å². The van der Waals surface area contributed by atoms with Gasteiger partial charge in [0, 0.05) is 32.1 Å². The Kier molecular flexibility index (Phi) is 10.8. The molecule has 3 rings (SSSR count). The van der Waals surface area contributed by atoms with E-state index in [4.69, 9.17) is 10.2 Å². The average molecular weight is 520 g/mol. The molecule has 3 N–H and O–H groups in total. The van der Waals surface area contributed by atoms with Crippen LogP contribution in [0.15, 0.2) is 30.3 Å². The first-order chi connectivity index (χ1) is 16.1.